The number of ether oxygens (including phenoxy) is 1. The monoisotopic (exact) mass is 578 g/mol. The lowest BCUT2D eigenvalue weighted by molar-refractivity contribution is -0.131. The summed E-state index contributed by atoms with van der Waals surface area (Å²) in [4.78, 5) is 19.6. The number of hydrogen-bond donors (Lipinski definition) is 0. The van der Waals surface area contributed by atoms with E-state index in [4.69, 9.17) is 4.74 Å². The van der Waals surface area contributed by atoms with Gasteiger partial charge >= 0.3 is 0 Å². The molecule has 1 amide bonds. The predicted molar refractivity (Wildman–Crippen MR) is 158 cm³/mol. The van der Waals surface area contributed by atoms with Crippen molar-refractivity contribution in [1.29, 1.82) is 0 Å². The number of piperazine rings is 1. The van der Waals surface area contributed by atoms with E-state index in [2.05, 4.69) is 39.1 Å². The lowest BCUT2D eigenvalue weighted by atomic mass is 10.1. The average Bonchev–Trinajstić information content (AvgIpc) is 3.00. The van der Waals surface area contributed by atoms with Crippen molar-refractivity contribution in [2.75, 3.05) is 77.0 Å². The summed E-state index contributed by atoms with van der Waals surface area (Å²) in [6.45, 7) is 9.51. The molecule has 0 atom stereocenters. The van der Waals surface area contributed by atoms with Gasteiger partial charge < -0.3 is 14.5 Å². The Morgan fingerprint density at radius 2 is 1.46 bits per heavy atom. The van der Waals surface area contributed by atoms with Crippen LogP contribution < -0.4 is 4.90 Å². The van der Waals surface area contributed by atoms with Gasteiger partial charge in [-0.05, 0) is 38.1 Å². The van der Waals surface area contributed by atoms with Crippen LogP contribution in [0.15, 0.2) is 65.6 Å². The molecule has 2 aliphatic heterocycles. The molecule has 2 aromatic carbocycles. The van der Waals surface area contributed by atoms with Crippen LogP contribution >= 0.6 is 0 Å². The predicted octanol–water partition coefficient (Wildman–Crippen LogP) is 2.43. The highest BCUT2D eigenvalue weighted by molar-refractivity contribution is 7.89. The van der Waals surface area contributed by atoms with Crippen molar-refractivity contribution < 1.29 is 17.9 Å². The molecule has 2 aliphatic rings. The van der Waals surface area contributed by atoms with Gasteiger partial charge in [-0.15, -0.1) is 10.2 Å². The van der Waals surface area contributed by atoms with Crippen LogP contribution in [0, 0.1) is 13.8 Å². The largest absolute Gasteiger partial charge is 0.379 e. The maximum atomic E-state index is 13.6. The Hall–Kier alpha value is -3.38. The highest BCUT2D eigenvalue weighted by atomic mass is 32.2. The number of benzene rings is 2. The van der Waals surface area contributed by atoms with E-state index in [1.165, 1.54) is 9.87 Å². The van der Waals surface area contributed by atoms with E-state index in [1.807, 2.05) is 31.2 Å². The Balaban J connectivity index is 1.21. The first-order chi connectivity index (χ1) is 19.8. The lowest BCUT2D eigenvalue weighted by Gasteiger charge is -2.36. The van der Waals surface area contributed by atoms with Gasteiger partial charge in [0.1, 0.15) is 0 Å². The van der Waals surface area contributed by atoms with Crippen LogP contribution in [0.1, 0.15) is 11.1 Å². The summed E-state index contributed by atoms with van der Waals surface area (Å²) >= 11 is 0. The minimum Gasteiger partial charge on any atom is -0.379 e. The van der Waals surface area contributed by atoms with Crippen molar-refractivity contribution >= 4 is 21.7 Å². The van der Waals surface area contributed by atoms with Crippen molar-refractivity contribution in [2.45, 2.75) is 18.7 Å². The van der Waals surface area contributed by atoms with Crippen LogP contribution in [-0.4, -0.2) is 111 Å². The molecule has 0 bridgehead atoms. The van der Waals surface area contributed by atoms with E-state index in [0.717, 1.165) is 35.7 Å². The zero-order valence-electron chi connectivity index (χ0n) is 23.8. The van der Waals surface area contributed by atoms with Crippen LogP contribution in [0.4, 0.5) is 5.82 Å². The summed E-state index contributed by atoms with van der Waals surface area (Å²) in [5.41, 5.74) is 4.00. The molecule has 0 unspecified atom stereocenters. The van der Waals surface area contributed by atoms with Gasteiger partial charge in [0, 0.05) is 57.9 Å². The standard InChI is InChI=1S/C30H38N6O4S/c1-24-3-7-26(8-4-24)28-11-12-29(32-31-28)34-14-16-35(17-15-34)30(37)23-36(18-13-33-19-21-40-22-20-33)41(38,39)27-9-5-25(2)6-10-27/h3-12H,13-23H2,1-2H3. The topological polar surface area (TPSA) is 99.2 Å². The maximum absolute atomic E-state index is 13.6. The van der Waals surface area contributed by atoms with Crippen LogP contribution in [0.2, 0.25) is 0 Å². The summed E-state index contributed by atoms with van der Waals surface area (Å²) in [5, 5.41) is 8.84. The van der Waals surface area contributed by atoms with Gasteiger partial charge in [-0.3, -0.25) is 9.69 Å². The number of anilines is 1. The number of aromatic nitrogens is 2. The molecule has 3 heterocycles. The van der Waals surface area contributed by atoms with Crippen LogP contribution in [0.5, 0.6) is 0 Å². The van der Waals surface area contributed by atoms with Gasteiger partial charge in [0.2, 0.25) is 15.9 Å². The number of nitrogens with zero attached hydrogens (tertiary/aromatic N) is 6. The zero-order valence-corrected chi connectivity index (χ0v) is 24.6. The maximum Gasteiger partial charge on any atom is 0.243 e. The van der Waals surface area contributed by atoms with Gasteiger partial charge in [0.15, 0.2) is 5.82 Å². The number of amides is 1. The second-order valence-corrected chi connectivity index (χ2v) is 12.6. The van der Waals surface area contributed by atoms with Crippen molar-refractivity contribution in [2.24, 2.45) is 0 Å². The average molecular weight is 579 g/mol. The van der Waals surface area contributed by atoms with E-state index >= 15 is 0 Å². The van der Waals surface area contributed by atoms with Gasteiger partial charge in [0.05, 0.1) is 30.3 Å². The van der Waals surface area contributed by atoms with E-state index in [9.17, 15) is 13.2 Å². The van der Waals surface area contributed by atoms with Crippen molar-refractivity contribution in [3.05, 3.63) is 71.8 Å². The van der Waals surface area contributed by atoms with Gasteiger partial charge in [-0.25, -0.2) is 8.42 Å². The SMILES string of the molecule is Cc1ccc(-c2ccc(N3CCN(C(=O)CN(CCN4CCOCC4)S(=O)(=O)c4ccc(C)cc4)CC3)nn2)cc1. The van der Waals surface area contributed by atoms with Crippen molar-refractivity contribution in [3.63, 3.8) is 0 Å². The van der Waals surface area contributed by atoms with E-state index in [-0.39, 0.29) is 23.9 Å². The fourth-order valence-electron chi connectivity index (χ4n) is 5.03. The highest BCUT2D eigenvalue weighted by Gasteiger charge is 2.30. The minimum absolute atomic E-state index is 0.189. The second-order valence-electron chi connectivity index (χ2n) is 10.6. The molecule has 0 N–H and O–H groups in total. The Kier molecular flexibility index (Phi) is 9.29. The molecule has 0 spiro atoms. The van der Waals surface area contributed by atoms with Crippen LogP contribution in [0.3, 0.4) is 0 Å². The molecular formula is C30H38N6O4S. The number of aryl methyl sites for hydroxylation is 2. The fourth-order valence-corrected chi connectivity index (χ4v) is 6.41. The zero-order chi connectivity index (χ0) is 28.8. The minimum atomic E-state index is -3.84. The quantitative estimate of drug-likeness (QED) is 0.382. The van der Waals surface area contributed by atoms with Gasteiger partial charge in [0.25, 0.3) is 0 Å². The Labute approximate surface area is 242 Å². The number of carbonyl (C=O) groups excluding carboxylic acids is 1. The molecule has 3 aromatic rings. The van der Waals surface area contributed by atoms with E-state index in [0.29, 0.717) is 45.9 Å². The molecule has 1 aromatic heterocycles. The molecule has 218 valence electrons. The number of carbonyl (C=O) groups is 1. The van der Waals surface area contributed by atoms with E-state index < -0.39 is 10.0 Å². The molecule has 0 radical (unpaired) electrons. The van der Waals surface area contributed by atoms with Crippen molar-refractivity contribution in [1.82, 2.24) is 24.3 Å². The third-order valence-corrected chi connectivity index (χ3v) is 9.55. The third kappa shape index (κ3) is 7.28. The Bertz CT molecular complexity index is 1400. The molecule has 0 aliphatic carbocycles. The first kappa shape index (κ1) is 29.1. The smallest absolute Gasteiger partial charge is 0.243 e. The Morgan fingerprint density at radius 1 is 0.829 bits per heavy atom. The highest BCUT2D eigenvalue weighted by Crippen LogP contribution is 2.21. The molecule has 11 heteroatoms. The molecule has 2 saturated heterocycles. The van der Waals surface area contributed by atoms with Crippen molar-refractivity contribution in [3.8, 4) is 11.3 Å². The number of sulfonamides is 1. The molecule has 5 rings (SSSR count). The summed E-state index contributed by atoms with van der Waals surface area (Å²) in [6.07, 6.45) is 0. The second kappa shape index (κ2) is 13.1. The molecule has 41 heavy (non-hydrogen) atoms. The molecule has 0 saturated carbocycles. The molecular weight excluding hydrogens is 540 g/mol. The molecule has 10 nitrogen and oxygen atoms in total. The van der Waals surface area contributed by atoms with Crippen LogP contribution in [0.25, 0.3) is 11.3 Å². The fraction of sp³-hybridized carbons (Fsp3) is 0.433. The number of rotatable bonds is 9. The summed E-state index contributed by atoms with van der Waals surface area (Å²) in [7, 11) is -3.84. The number of morpholine rings is 1. The van der Waals surface area contributed by atoms with Crippen LogP contribution in [-0.2, 0) is 19.6 Å². The first-order valence-electron chi connectivity index (χ1n) is 14.1. The lowest BCUT2D eigenvalue weighted by Crippen LogP contribution is -2.52. The normalized spacial score (nSPS) is 16.8. The van der Waals surface area contributed by atoms with Gasteiger partial charge in [-0.2, -0.15) is 4.31 Å². The van der Waals surface area contributed by atoms with Gasteiger partial charge in [-0.1, -0.05) is 47.5 Å². The first-order valence-corrected chi connectivity index (χ1v) is 15.5. The van der Waals surface area contributed by atoms with E-state index in [1.54, 1.807) is 29.2 Å². The third-order valence-electron chi connectivity index (χ3n) is 7.69. The Morgan fingerprint density at radius 3 is 2.07 bits per heavy atom. The molecule has 2 fully saturated rings. The number of hydrogen-bond acceptors (Lipinski definition) is 8. The summed E-state index contributed by atoms with van der Waals surface area (Å²) in [5.74, 6) is 0.574. The summed E-state index contributed by atoms with van der Waals surface area (Å²) < 4.78 is 34.0. The summed E-state index contributed by atoms with van der Waals surface area (Å²) in [6, 6.07) is 18.9.